The van der Waals surface area contributed by atoms with Gasteiger partial charge in [-0.2, -0.15) is 0 Å². The van der Waals surface area contributed by atoms with Crippen LogP contribution in [0.5, 0.6) is 0 Å². The maximum atomic E-state index is 14.7. The summed E-state index contributed by atoms with van der Waals surface area (Å²) in [7, 11) is -4.23. The van der Waals surface area contributed by atoms with Crippen molar-refractivity contribution in [1.29, 1.82) is 0 Å². The first-order chi connectivity index (χ1) is 22.5. The van der Waals surface area contributed by atoms with E-state index >= 15 is 0 Å². The lowest BCUT2D eigenvalue weighted by atomic mass is 10.0. The number of hydrogen-bond donors (Lipinski definition) is 1. The Balaban J connectivity index is 1.58. The fraction of sp³-hybridized carbons (Fsp3) is 0.297. The summed E-state index contributed by atoms with van der Waals surface area (Å²) < 4.78 is 29.7. The van der Waals surface area contributed by atoms with Crippen molar-refractivity contribution in [3.63, 3.8) is 0 Å². The molecule has 5 rings (SSSR count). The van der Waals surface area contributed by atoms with Gasteiger partial charge in [0.1, 0.15) is 12.6 Å². The number of nitrogens with one attached hydrogen (secondary N) is 1. The zero-order valence-electron chi connectivity index (χ0n) is 26.5. The topological polar surface area (TPSA) is 86.8 Å². The quantitative estimate of drug-likeness (QED) is 0.167. The number of nitrogens with zero attached hydrogens (tertiary/aromatic N) is 2. The van der Waals surface area contributed by atoms with Crippen LogP contribution in [0.2, 0.25) is 10.0 Å². The number of aryl methyl sites for hydroxylation is 2. The van der Waals surface area contributed by atoms with Crippen LogP contribution in [0.25, 0.3) is 0 Å². The summed E-state index contributed by atoms with van der Waals surface area (Å²) in [5, 5.41) is 4.06. The zero-order chi connectivity index (χ0) is 33.6. The lowest BCUT2D eigenvalue weighted by Crippen LogP contribution is -2.54. The van der Waals surface area contributed by atoms with Crippen LogP contribution in [-0.2, 0) is 32.6 Å². The standard InChI is InChI=1S/C37H39Cl2N3O4S/c1-26-12-20-33(21-13-26)47(45,46)42(34-23-31(39)17-14-27(34)2)25-36(43)41(24-29-15-18-30(38)19-16-29)35(22-28-8-4-3-5-9-28)37(44)40-32-10-6-7-11-32/h3-5,8-9,12-21,23,32,35H,6-7,10-11,22,24-25H2,1-2H3,(H,40,44). The second-order valence-corrected chi connectivity index (χ2v) is 14.8. The van der Waals surface area contributed by atoms with Gasteiger partial charge in [-0.15, -0.1) is 0 Å². The Kier molecular flexibility index (Phi) is 11.3. The van der Waals surface area contributed by atoms with Crippen LogP contribution in [-0.4, -0.2) is 43.8 Å². The van der Waals surface area contributed by atoms with E-state index in [9.17, 15) is 18.0 Å². The van der Waals surface area contributed by atoms with E-state index in [1.54, 1.807) is 61.5 Å². The third kappa shape index (κ3) is 8.74. The van der Waals surface area contributed by atoms with Crippen molar-refractivity contribution in [2.75, 3.05) is 10.8 Å². The van der Waals surface area contributed by atoms with Crippen molar-refractivity contribution in [3.8, 4) is 0 Å². The second kappa shape index (κ2) is 15.4. The van der Waals surface area contributed by atoms with Crippen molar-refractivity contribution in [1.82, 2.24) is 10.2 Å². The van der Waals surface area contributed by atoms with Crippen LogP contribution in [0, 0.1) is 13.8 Å². The van der Waals surface area contributed by atoms with Gasteiger partial charge in [0, 0.05) is 29.1 Å². The molecule has 4 aromatic rings. The van der Waals surface area contributed by atoms with Gasteiger partial charge < -0.3 is 10.2 Å². The average molecular weight is 693 g/mol. The summed E-state index contributed by atoms with van der Waals surface area (Å²) in [6, 6.07) is 27.1. The number of sulfonamides is 1. The minimum Gasteiger partial charge on any atom is -0.352 e. The second-order valence-electron chi connectivity index (χ2n) is 12.1. The van der Waals surface area contributed by atoms with E-state index in [1.807, 2.05) is 37.3 Å². The van der Waals surface area contributed by atoms with Gasteiger partial charge in [-0.05, 0) is 79.8 Å². The summed E-state index contributed by atoms with van der Waals surface area (Å²) in [6.07, 6.45) is 4.08. The molecule has 0 spiro atoms. The molecular formula is C37H39Cl2N3O4S. The maximum Gasteiger partial charge on any atom is 0.264 e. The van der Waals surface area contributed by atoms with Crippen LogP contribution in [0.15, 0.2) is 102 Å². The molecule has 0 aliphatic heterocycles. The van der Waals surface area contributed by atoms with E-state index < -0.39 is 28.5 Å². The van der Waals surface area contributed by atoms with Gasteiger partial charge in [0.25, 0.3) is 10.0 Å². The normalized spacial score (nSPS) is 14.0. The van der Waals surface area contributed by atoms with Gasteiger partial charge >= 0.3 is 0 Å². The highest BCUT2D eigenvalue weighted by molar-refractivity contribution is 7.92. The predicted octanol–water partition coefficient (Wildman–Crippen LogP) is 7.50. The largest absolute Gasteiger partial charge is 0.352 e. The van der Waals surface area contributed by atoms with Crippen molar-refractivity contribution in [3.05, 3.63) is 129 Å². The molecule has 0 heterocycles. The number of amides is 2. The van der Waals surface area contributed by atoms with E-state index in [0.717, 1.165) is 46.7 Å². The number of carbonyl (C=O) groups excluding carboxylic acids is 2. The Hall–Kier alpha value is -3.85. The van der Waals surface area contributed by atoms with E-state index in [4.69, 9.17) is 23.2 Å². The Morgan fingerprint density at radius 3 is 2.13 bits per heavy atom. The molecule has 4 aromatic carbocycles. The van der Waals surface area contributed by atoms with Gasteiger partial charge in [0.2, 0.25) is 11.8 Å². The van der Waals surface area contributed by atoms with Crippen LogP contribution in [0.4, 0.5) is 5.69 Å². The van der Waals surface area contributed by atoms with E-state index in [0.29, 0.717) is 15.6 Å². The van der Waals surface area contributed by atoms with Crippen LogP contribution in [0.1, 0.15) is 47.9 Å². The molecule has 246 valence electrons. The molecule has 1 N–H and O–H groups in total. The molecule has 1 atom stereocenters. The fourth-order valence-corrected chi connectivity index (χ4v) is 7.67. The van der Waals surface area contributed by atoms with Gasteiger partial charge in [0.15, 0.2) is 0 Å². The lowest BCUT2D eigenvalue weighted by molar-refractivity contribution is -0.140. The number of benzene rings is 4. The van der Waals surface area contributed by atoms with Crippen molar-refractivity contribution < 1.29 is 18.0 Å². The number of anilines is 1. The molecule has 1 fully saturated rings. The maximum absolute atomic E-state index is 14.7. The lowest BCUT2D eigenvalue weighted by Gasteiger charge is -2.34. The van der Waals surface area contributed by atoms with E-state index in [1.165, 1.54) is 17.0 Å². The highest BCUT2D eigenvalue weighted by Gasteiger charge is 2.36. The molecular weight excluding hydrogens is 653 g/mol. The summed E-state index contributed by atoms with van der Waals surface area (Å²) in [6.45, 7) is 3.16. The first-order valence-electron chi connectivity index (χ1n) is 15.7. The summed E-state index contributed by atoms with van der Waals surface area (Å²) in [4.78, 5) is 30.3. The Morgan fingerprint density at radius 1 is 0.830 bits per heavy atom. The molecule has 47 heavy (non-hydrogen) atoms. The highest BCUT2D eigenvalue weighted by atomic mass is 35.5. The molecule has 1 aliphatic rings. The number of halogens is 2. The summed E-state index contributed by atoms with van der Waals surface area (Å²) >= 11 is 12.6. The van der Waals surface area contributed by atoms with Crippen molar-refractivity contribution in [2.24, 2.45) is 0 Å². The molecule has 0 bridgehead atoms. The number of carbonyl (C=O) groups is 2. The minimum atomic E-state index is -4.23. The fourth-order valence-electron chi connectivity index (χ4n) is 5.91. The zero-order valence-corrected chi connectivity index (χ0v) is 28.9. The first-order valence-corrected chi connectivity index (χ1v) is 17.9. The number of rotatable bonds is 12. The van der Waals surface area contributed by atoms with Crippen LogP contribution in [0.3, 0.4) is 0 Å². The molecule has 7 nitrogen and oxygen atoms in total. The van der Waals surface area contributed by atoms with E-state index in [2.05, 4.69) is 5.32 Å². The molecule has 1 unspecified atom stereocenters. The van der Waals surface area contributed by atoms with Crippen LogP contribution >= 0.6 is 23.2 Å². The molecule has 1 saturated carbocycles. The number of hydrogen-bond acceptors (Lipinski definition) is 4. The predicted molar refractivity (Wildman–Crippen MR) is 188 cm³/mol. The minimum absolute atomic E-state index is 0.0285. The van der Waals surface area contributed by atoms with Gasteiger partial charge in [-0.1, -0.05) is 102 Å². The third-order valence-corrected chi connectivity index (χ3v) is 10.8. The van der Waals surface area contributed by atoms with Gasteiger partial charge in [-0.3, -0.25) is 13.9 Å². The SMILES string of the molecule is Cc1ccc(S(=O)(=O)N(CC(=O)N(Cc2ccc(Cl)cc2)C(Cc2ccccc2)C(=O)NC2CCCC2)c2cc(Cl)ccc2C)cc1. The molecule has 0 radical (unpaired) electrons. The molecule has 0 saturated heterocycles. The molecule has 2 amide bonds. The summed E-state index contributed by atoms with van der Waals surface area (Å²) in [5.41, 5.74) is 3.44. The monoisotopic (exact) mass is 691 g/mol. The molecule has 1 aliphatic carbocycles. The third-order valence-electron chi connectivity index (χ3n) is 8.57. The molecule has 0 aromatic heterocycles. The molecule has 10 heteroatoms. The van der Waals surface area contributed by atoms with Crippen molar-refractivity contribution in [2.45, 2.75) is 69.5 Å². The van der Waals surface area contributed by atoms with Gasteiger partial charge in [0.05, 0.1) is 10.6 Å². The summed E-state index contributed by atoms with van der Waals surface area (Å²) in [5.74, 6) is -0.799. The first kappa shape index (κ1) is 34.5. The van der Waals surface area contributed by atoms with Crippen LogP contribution < -0.4 is 9.62 Å². The van der Waals surface area contributed by atoms with E-state index in [-0.39, 0.29) is 35.5 Å². The Labute approximate surface area is 287 Å². The Morgan fingerprint density at radius 2 is 1.47 bits per heavy atom. The van der Waals surface area contributed by atoms with Gasteiger partial charge in [-0.25, -0.2) is 8.42 Å². The Bertz CT molecular complexity index is 1790. The van der Waals surface area contributed by atoms with Crippen molar-refractivity contribution >= 4 is 50.7 Å². The average Bonchev–Trinajstić information content (AvgIpc) is 3.57. The highest BCUT2D eigenvalue weighted by Crippen LogP contribution is 2.30. The smallest absolute Gasteiger partial charge is 0.264 e.